The predicted molar refractivity (Wildman–Crippen MR) is 86.1 cm³/mol. The van der Waals surface area contributed by atoms with Crippen LogP contribution in [0.15, 0.2) is 48.5 Å². The van der Waals surface area contributed by atoms with Crippen LogP contribution in [0.2, 0.25) is 0 Å². The molecule has 7 heteroatoms. The fourth-order valence-electron chi connectivity index (χ4n) is 2.12. The van der Waals surface area contributed by atoms with Crippen molar-refractivity contribution in [1.82, 2.24) is 9.97 Å². The zero-order valence-electron chi connectivity index (χ0n) is 12.6. The minimum atomic E-state index is -0.963. The second-order valence-electron chi connectivity index (χ2n) is 5.04. The molecule has 1 heterocycles. The third kappa shape index (κ3) is 3.62. The van der Waals surface area contributed by atoms with Crippen LogP contribution in [-0.2, 0) is 0 Å². The van der Waals surface area contributed by atoms with Gasteiger partial charge < -0.3 is 10.6 Å². The minimum absolute atomic E-state index is 0.273. The molecule has 0 aliphatic heterocycles. The Bertz CT molecular complexity index is 883. The first-order chi connectivity index (χ1) is 11.5. The molecule has 0 spiro atoms. The van der Waals surface area contributed by atoms with Crippen LogP contribution >= 0.6 is 0 Å². The lowest BCUT2D eigenvalue weighted by Gasteiger charge is -2.11. The molecule has 0 unspecified atom stereocenters. The van der Waals surface area contributed by atoms with Gasteiger partial charge in [0.25, 0.3) is 0 Å². The van der Waals surface area contributed by atoms with E-state index in [0.29, 0.717) is 23.1 Å². The first-order valence-corrected chi connectivity index (χ1v) is 7.10. The predicted octanol–water partition coefficient (Wildman–Crippen LogP) is 4.69. The number of anilines is 4. The van der Waals surface area contributed by atoms with Crippen LogP contribution in [-0.4, -0.2) is 9.97 Å². The molecule has 0 saturated carbocycles. The SMILES string of the molecule is Cc1nc(Nc2ccc(F)c(F)c2)cc(Nc2ccccc2F)n1. The first-order valence-electron chi connectivity index (χ1n) is 7.10. The number of hydrogen-bond donors (Lipinski definition) is 2. The molecular formula is C17H13F3N4. The molecule has 0 aliphatic carbocycles. The minimum Gasteiger partial charge on any atom is -0.340 e. The van der Waals surface area contributed by atoms with Gasteiger partial charge >= 0.3 is 0 Å². The van der Waals surface area contributed by atoms with Gasteiger partial charge in [-0.15, -0.1) is 0 Å². The van der Waals surface area contributed by atoms with E-state index in [0.717, 1.165) is 12.1 Å². The number of hydrogen-bond acceptors (Lipinski definition) is 4. The highest BCUT2D eigenvalue weighted by atomic mass is 19.2. The topological polar surface area (TPSA) is 49.8 Å². The van der Waals surface area contributed by atoms with Crippen molar-refractivity contribution in [1.29, 1.82) is 0 Å². The van der Waals surface area contributed by atoms with E-state index in [2.05, 4.69) is 20.6 Å². The van der Waals surface area contributed by atoms with Crippen LogP contribution in [0.25, 0.3) is 0 Å². The average Bonchev–Trinajstić information content (AvgIpc) is 2.53. The number of rotatable bonds is 4. The fourth-order valence-corrected chi connectivity index (χ4v) is 2.12. The Morgan fingerprint density at radius 2 is 1.46 bits per heavy atom. The molecule has 0 amide bonds. The second kappa shape index (κ2) is 6.57. The zero-order valence-corrected chi connectivity index (χ0v) is 12.6. The normalized spacial score (nSPS) is 10.5. The highest BCUT2D eigenvalue weighted by Crippen LogP contribution is 2.22. The van der Waals surface area contributed by atoms with E-state index in [-0.39, 0.29) is 5.69 Å². The van der Waals surface area contributed by atoms with Crippen LogP contribution in [0.1, 0.15) is 5.82 Å². The summed E-state index contributed by atoms with van der Waals surface area (Å²) in [5, 5.41) is 5.72. The summed E-state index contributed by atoms with van der Waals surface area (Å²) < 4.78 is 39.9. The molecule has 0 bridgehead atoms. The van der Waals surface area contributed by atoms with Gasteiger partial charge in [0.1, 0.15) is 23.3 Å². The zero-order chi connectivity index (χ0) is 17.1. The Balaban J connectivity index is 1.86. The summed E-state index contributed by atoms with van der Waals surface area (Å²) in [5.74, 6) is -1.13. The van der Waals surface area contributed by atoms with Gasteiger partial charge in [-0.25, -0.2) is 23.1 Å². The third-order valence-electron chi connectivity index (χ3n) is 3.17. The van der Waals surface area contributed by atoms with Gasteiger partial charge in [-0.05, 0) is 31.2 Å². The van der Waals surface area contributed by atoms with Crippen LogP contribution in [0, 0.1) is 24.4 Å². The third-order valence-corrected chi connectivity index (χ3v) is 3.17. The van der Waals surface area contributed by atoms with Crippen molar-refractivity contribution in [3.8, 4) is 0 Å². The Labute approximate surface area is 136 Å². The van der Waals surface area contributed by atoms with Gasteiger partial charge in [0.2, 0.25) is 0 Å². The number of benzene rings is 2. The van der Waals surface area contributed by atoms with Crippen molar-refractivity contribution < 1.29 is 13.2 Å². The van der Waals surface area contributed by atoms with Crippen molar-refractivity contribution in [3.05, 3.63) is 71.8 Å². The van der Waals surface area contributed by atoms with Gasteiger partial charge in [0.15, 0.2) is 11.6 Å². The molecule has 2 aromatic carbocycles. The van der Waals surface area contributed by atoms with Crippen molar-refractivity contribution in [2.75, 3.05) is 10.6 Å². The van der Waals surface area contributed by atoms with E-state index in [9.17, 15) is 13.2 Å². The summed E-state index contributed by atoms with van der Waals surface area (Å²) in [5.41, 5.74) is 0.609. The van der Waals surface area contributed by atoms with Gasteiger partial charge in [-0.3, -0.25) is 0 Å². The lowest BCUT2D eigenvalue weighted by atomic mass is 10.3. The number of nitrogens with zero attached hydrogens (tertiary/aromatic N) is 2. The fraction of sp³-hybridized carbons (Fsp3) is 0.0588. The highest BCUT2D eigenvalue weighted by molar-refractivity contribution is 5.63. The van der Waals surface area contributed by atoms with E-state index in [1.165, 1.54) is 12.1 Å². The molecule has 3 rings (SSSR count). The molecule has 0 atom stereocenters. The molecular weight excluding hydrogens is 317 g/mol. The molecule has 0 aliphatic rings. The van der Waals surface area contributed by atoms with Crippen molar-refractivity contribution >= 4 is 23.0 Å². The number of aromatic nitrogens is 2. The Kier molecular flexibility index (Phi) is 4.33. The quantitative estimate of drug-likeness (QED) is 0.729. The summed E-state index contributed by atoms with van der Waals surface area (Å²) in [6, 6.07) is 11.2. The van der Waals surface area contributed by atoms with Gasteiger partial charge in [0.05, 0.1) is 5.69 Å². The van der Waals surface area contributed by atoms with Crippen LogP contribution < -0.4 is 10.6 Å². The molecule has 4 nitrogen and oxygen atoms in total. The van der Waals surface area contributed by atoms with E-state index in [1.54, 1.807) is 31.2 Å². The molecule has 2 N–H and O–H groups in total. The molecule has 1 aromatic heterocycles. The largest absolute Gasteiger partial charge is 0.340 e. The molecule has 122 valence electrons. The standard InChI is InChI=1S/C17H13F3N4/c1-10-21-16(23-11-6-7-12(18)14(20)8-11)9-17(22-10)24-15-5-3-2-4-13(15)19/h2-9H,1H3,(H2,21,22,23,24). The Hall–Kier alpha value is -3.09. The molecule has 0 fully saturated rings. The number of aryl methyl sites for hydroxylation is 1. The van der Waals surface area contributed by atoms with Crippen molar-refractivity contribution in [3.63, 3.8) is 0 Å². The lowest BCUT2D eigenvalue weighted by Crippen LogP contribution is -2.02. The number of halogens is 3. The first kappa shape index (κ1) is 15.8. The monoisotopic (exact) mass is 330 g/mol. The molecule has 3 aromatic rings. The van der Waals surface area contributed by atoms with E-state index in [1.807, 2.05) is 0 Å². The average molecular weight is 330 g/mol. The number of para-hydroxylation sites is 1. The highest BCUT2D eigenvalue weighted by Gasteiger charge is 2.07. The molecule has 0 radical (unpaired) electrons. The Morgan fingerprint density at radius 1 is 0.750 bits per heavy atom. The van der Waals surface area contributed by atoms with Crippen molar-refractivity contribution in [2.24, 2.45) is 0 Å². The van der Waals surface area contributed by atoms with Crippen LogP contribution in [0.4, 0.5) is 36.2 Å². The van der Waals surface area contributed by atoms with Gasteiger partial charge in [-0.1, -0.05) is 12.1 Å². The number of nitrogens with one attached hydrogen (secondary N) is 2. The summed E-state index contributed by atoms with van der Waals surface area (Å²) in [4.78, 5) is 8.35. The summed E-state index contributed by atoms with van der Waals surface area (Å²) in [6.07, 6.45) is 0. The van der Waals surface area contributed by atoms with E-state index in [4.69, 9.17) is 0 Å². The molecule has 0 saturated heterocycles. The smallest absolute Gasteiger partial charge is 0.160 e. The Morgan fingerprint density at radius 3 is 2.17 bits per heavy atom. The maximum Gasteiger partial charge on any atom is 0.160 e. The summed E-state index contributed by atoms with van der Waals surface area (Å²) in [7, 11) is 0. The maximum absolute atomic E-state index is 13.7. The van der Waals surface area contributed by atoms with Crippen LogP contribution in [0.5, 0.6) is 0 Å². The summed E-state index contributed by atoms with van der Waals surface area (Å²) in [6.45, 7) is 1.67. The van der Waals surface area contributed by atoms with Crippen molar-refractivity contribution in [2.45, 2.75) is 6.92 Å². The van der Waals surface area contributed by atoms with E-state index >= 15 is 0 Å². The van der Waals surface area contributed by atoms with Gasteiger partial charge in [0, 0.05) is 17.8 Å². The second-order valence-corrected chi connectivity index (χ2v) is 5.04. The van der Waals surface area contributed by atoms with E-state index < -0.39 is 17.5 Å². The summed E-state index contributed by atoms with van der Waals surface area (Å²) >= 11 is 0. The van der Waals surface area contributed by atoms with Gasteiger partial charge in [-0.2, -0.15) is 0 Å². The van der Waals surface area contributed by atoms with Crippen LogP contribution in [0.3, 0.4) is 0 Å². The molecule has 24 heavy (non-hydrogen) atoms. The maximum atomic E-state index is 13.7. The lowest BCUT2D eigenvalue weighted by molar-refractivity contribution is 0.509.